The van der Waals surface area contributed by atoms with Gasteiger partial charge < -0.3 is 5.32 Å². The van der Waals surface area contributed by atoms with Crippen molar-refractivity contribution in [1.82, 2.24) is 14.8 Å². The zero-order valence-corrected chi connectivity index (χ0v) is 14.5. The molecule has 1 aromatic heterocycles. The van der Waals surface area contributed by atoms with E-state index in [2.05, 4.69) is 15.4 Å². The SMILES string of the molecule is Clc1ccc(C2=CC(c3c(Cl)cccc3Cl)n3ncnc3N2)cc1. The van der Waals surface area contributed by atoms with E-state index in [-0.39, 0.29) is 6.04 Å². The minimum Gasteiger partial charge on any atom is -0.324 e. The highest BCUT2D eigenvalue weighted by Gasteiger charge is 2.26. The van der Waals surface area contributed by atoms with Crippen LogP contribution in [0.1, 0.15) is 17.2 Å². The first-order valence-corrected chi connectivity index (χ1v) is 8.35. The Hall–Kier alpha value is -2.01. The van der Waals surface area contributed by atoms with E-state index in [0.717, 1.165) is 16.8 Å². The van der Waals surface area contributed by atoms with Gasteiger partial charge in [0.25, 0.3) is 0 Å². The van der Waals surface area contributed by atoms with Gasteiger partial charge in [-0.3, -0.25) is 0 Å². The molecule has 0 amide bonds. The van der Waals surface area contributed by atoms with E-state index in [1.165, 1.54) is 6.33 Å². The number of fused-ring (bicyclic) bond motifs is 1. The van der Waals surface area contributed by atoms with Gasteiger partial charge in [-0.15, -0.1) is 0 Å². The average Bonchev–Trinajstić information content (AvgIpc) is 3.04. The zero-order chi connectivity index (χ0) is 16.7. The number of allylic oxidation sites excluding steroid dienone is 1. The van der Waals surface area contributed by atoms with Gasteiger partial charge in [0.1, 0.15) is 12.4 Å². The molecule has 120 valence electrons. The minimum absolute atomic E-state index is 0.254. The second kappa shape index (κ2) is 6.13. The van der Waals surface area contributed by atoms with Gasteiger partial charge in [0.2, 0.25) is 5.95 Å². The third kappa shape index (κ3) is 2.67. The third-order valence-electron chi connectivity index (χ3n) is 3.86. The Morgan fingerprint density at radius 3 is 2.38 bits per heavy atom. The van der Waals surface area contributed by atoms with Crippen LogP contribution in [0.2, 0.25) is 15.1 Å². The molecule has 0 spiro atoms. The first kappa shape index (κ1) is 15.5. The van der Waals surface area contributed by atoms with Crippen LogP contribution in [0.3, 0.4) is 0 Å². The van der Waals surface area contributed by atoms with Crippen LogP contribution in [0.5, 0.6) is 0 Å². The van der Waals surface area contributed by atoms with E-state index < -0.39 is 0 Å². The lowest BCUT2D eigenvalue weighted by atomic mass is 10.0. The van der Waals surface area contributed by atoms with Gasteiger partial charge >= 0.3 is 0 Å². The summed E-state index contributed by atoms with van der Waals surface area (Å²) in [5, 5.41) is 9.43. The molecule has 3 aromatic rings. The van der Waals surface area contributed by atoms with Crippen molar-refractivity contribution < 1.29 is 0 Å². The first-order valence-electron chi connectivity index (χ1n) is 7.21. The normalized spacial score (nSPS) is 16.3. The number of nitrogens with zero attached hydrogens (tertiary/aromatic N) is 3. The minimum atomic E-state index is -0.254. The monoisotopic (exact) mass is 376 g/mol. The molecule has 1 aliphatic rings. The van der Waals surface area contributed by atoms with Crippen molar-refractivity contribution in [2.24, 2.45) is 0 Å². The van der Waals surface area contributed by atoms with E-state index in [1.54, 1.807) is 4.68 Å². The van der Waals surface area contributed by atoms with Gasteiger partial charge in [-0.2, -0.15) is 10.1 Å². The highest BCUT2D eigenvalue weighted by Crippen LogP contribution is 2.38. The lowest BCUT2D eigenvalue weighted by molar-refractivity contribution is 0.612. The molecule has 0 aliphatic carbocycles. The number of hydrogen-bond donors (Lipinski definition) is 1. The van der Waals surface area contributed by atoms with E-state index in [4.69, 9.17) is 34.8 Å². The summed E-state index contributed by atoms with van der Waals surface area (Å²) in [5.41, 5.74) is 2.68. The number of aromatic nitrogens is 3. The Labute approximate surface area is 153 Å². The smallest absolute Gasteiger partial charge is 0.226 e. The van der Waals surface area contributed by atoms with Crippen LogP contribution in [-0.4, -0.2) is 14.8 Å². The van der Waals surface area contributed by atoms with Gasteiger partial charge in [-0.1, -0.05) is 53.0 Å². The van der Waals surface area contributed by atoms with Crippen LogP contribution < -0.4 is 5.32 Å². The summed E-state index contributed by atoms with van der Waals surface area (Å²) in [4.78, 5) is 4.27. The van der Waals surface area contributed by atoms with Crippen molar-refractivity contribution in [3.8, 4) is 0 Å². The number of rotatable bonds is 2. The molecular formula is C17H11Cl3N4. The van der Waals surface area contributed by atoms with Gasteiger partial charge in [-0.25, -0.2) is 4.68 Å². The van der Waals surface area contributed by atoms with E-state index in [9.17, 15) is 0 Å². The van der Waals surface area contributed by atoms with Crippen LogP contribution in [-0.2, 0) is 0 Å². The first-order chi connectivity index (χ1) is 11.6. The summed E-state index contributed by atoms with van der Waals surface area (Å²) in [6.07, 6.45) is 3.52. The highest BCUT2D eigenvalue weighted by atomic mass is 35.5. The maximum Gasteiger partial charge on any atom is 0.226 e. The maximum absolute atomic E-state index is 6.40. The highest BCUT2D eigenvalue weighted by molar-refractivity contribution is 6.36. The number of nitrogens with one attached hydrogen (secondary N) is 1. The molecule has 1 atom stereocenters. The summed E-state index contributed by atoms with van der Waals surface area (Å²) in [6.45, 7) is 0. The molecule has 1 unspecified atom stereocenters. The van der Waals surface area contributed by atoms with Crippen molar-refractivity contribution in [1.29, 1.82) is 0 Å². The van der Waals surface area contributed by atoms with Gasteiger partial charge in [0.05, 0.1) is 0 Å². The topological polar surface area (TPSA) is 42.7 Å². The number of halogens is 3. The van der Waals surface area contributed by atoms with E-state index >= 15 is 0 Å². The van der Waals surface area contributed by atoms with Crippen molar-refractivity contribution >= 4 is 46.4 Å². The number of hydrogen-bond acceptors (Lipinski definition) is 3. The van der Waals surface area contributed by atoms with Crippen molar-refractivity contribution in [3.63, 3.8) is 0 Å². The van der Waals surface area contributed by atoms with Gasteiger partial charge in [0, 0.05) is 26.3 Å². The molecule has 0 saturated carbocycles. The largest absolute Gasteiger partial charge is 0.324 e. The molecule has 2 aromatic carbocycles. The predicted octanol–water partition coefficient (Wildman–Crippen LogP) is 5.29. The Bertz CT molecular complexity index is 911. The van der Waals surface area contributed by atoms with Gasteiger partial charge in [-0.05, 0) is 35.9 Å². The number of anilines is 1. The van der Waals surface area contributed by atoms with Crippen molar-refractivity contribution in [3.05, 3.63) is 81.1 Å². The molecule has 2 heterocycles. The van der Waals surface area contributed by atoms with Crippen molar-refractivity contribution in [2.45, 2.75) is 6.04 Å². The summed E-state index contributed by atoms with van der Waals surface area (Å²) < 4.78 is 1.76. The molecule has 0 bridgehead atoms. The molecule has 1 aliphatic heterocycles. The summed E-state index contributed by atoms with van der Waals surface area (Å²) in [5.74, 6) is 0.628. The van der Waals surface area contributed by atoms with Crippen LogP contribution >= 0.6 is 34.8 Å². The zero-order valence-electron chi connectivity index (χ0n) is 12.2. The lowest BCUT2D eigenvalue weighted by Crippen LogP contribution is -2.20. The van der Waals surface area contributed by atoms with Crippen LogP contribution in [0, 0.1) is 0 Å². The fourth-order valence-corrected chi connectivity index (χ4v) is 3.48. The van der Waals surface area contributed by atoms with E-state index in [1.807, 2.05) is 48.5 Å². The molecule has 1 N–H and O–H groups in total. The second-order valence-electron chi connectivity index (χ2n) is 5.32. The molecule has 4 rings (SSSR count). The fourth-order valence-electron chi connectivity index (χ4n) is 2.73. The predicted molar refractivity (Wildman–Crippen MR) is 97.7 cm³/mol. The molecule has 24 heavy (non-hydrogen) atoms. The van der Waals surface area contributed by atoms with Crippen LogP contribution in [0.15, 0.2) is 54.9 Å². The Morgan fingerprint density at radius 1 is 0.958 bits per heavy atom. The molecule has 0 saturated heterocycles. The Morgan fingerprint density at radius 2 is 1.67 bits per heavy atom. The average molecular weight is 378 g/mol. The molecule has 7 heteroatoms. The third-order valence-corrected chi connectivity index (χ3v) is 4.77. The van der Waals surface area contributed by atoms with Crippen LogP contribution in [0.4, 0.5) is 5.95 Å². The quantitative estimate of drug-likeness (QED) is 0.659. The fraction of sp³-hybridized carbons (Fsp3) is 0.0588. The van der Waals surface area contributed by atoms with E-state index in [0.29, 0.717) is 21.0 Å². The molecule has 4 nitrogen and oxygen atoms in total. The van der Waals surface area contributed by atoms with Gasteiger partial charge in [0.15, 0.2) is 0 Å². The standard InChI is InChI=1S/C17H11Cl3N4/c18-11-6-4-10(5-7-11)14-8-15(24-17(23-14)21-9-22-24)16-12(19)2-1-3-13(16)20/h1-9,15H,(H,21,22,23). The van der Waals surface area contributed by atoms with Crippen LogP contribution in [0.25, 0.3) is 5.70 Å². The summed E-state index contributed by atoms with van der Waals surface area (Å²) >= 11 is 18.8. The molecule has 0 radical (unpaired) electrons. The van der Waals surface area contributed by atoms with Crippen molar-refractivity contribution in [2.75, 3.05) is 5.32 Å². The maximum atomic E-state index is 6.40. The lowest BCUT2D eigenvalue weighted by Gasteiger charge is -2.25. The Balaban J connectivity index is 1.87. The second-order valence-corrected chi connectivity index (χ2v) is 6.57. The Kier molecular flexibility index (Phi) is 3.96. The summed E-state index contributed by atoms with van der Waals surface area (Å²) in [6, 6.07) is 12.8. The summed E-state index contributed by atoms with van der Waals surface area (Å²) in [7, 11) is 0. The number of benzene rings is 2. The molecular weight excluding hydrogens is 367 g/mol. The molecule has 0 fully saturated rings.